The van der Waals surface area contributed by atoms with Crippen molar-refractivity contribution >= 4 is 0 Å². The summed E-state index contributed by atoms with van der Waals surface area (Å²) in [7, 11) is 0. The summed E-state index contributed by atoms with van der Waals surface area (Å²) in [6.07, 6.45) is 6.99. The SMILES string of the molecule is CC(C)NCC1(CC2CCC(C)O2)CCOCC1. The maximum Gasteiger partial charge on any atom is 0.0585 e. The molecule has 0 aromatic rings. The Morgan fingerprint density at radius 3 is 2.50 bits per heavy atom. The van der Waals surface area contributed by atoms with E-state index in [9.17, 15) is 0 Å². The smallest absolute Gasteiger partial charge is 0.0585 e. The number of hydrogen-bond acceptors (Lipinski definition) is 3. The van der Waals surface area contributed by atoms with Gasteiger partial charge in [0.05, 0.1) is 12.2 Å². The molecule has 0 radical (unpaired) electrons. The highest BCUT2D eigenvalue weighted by molar-refractivity contribution is 4.89. The van der Waals surface area contributed by atoms with Crippen LogP contribution in [0.25, 0.3) is 0 Å². The van der Waals surface area contributed by atoms with Crippen molar-refractivity contribution in [1.29, 1.82) is 0 Å². The minimum Gasteiger partial charge on any atom is -0.381 e. The van der Waals surface area contributed by atoms with E-state index >= 15 is 0 Å². The molecule has 2 saturated heterocycles. The summed E-state index contributed by atoms with van der Waals surface area (Å²) in [5.41, 5.74) is 0.400. The van der Waals surface area contributed by atoms with Gasteiger partial charge >= 0.3 is 0 Å². The van der Waals surface area contributed by atoms with Crippen molar-refractivity contribution in [1.82, 2.24) is 5.32 Å². The first-order chi connectivity index (χ1) is 8.60. The number of hydrogen-bond donors (Lipinski definition) is 1. The standard InChI is InChI=1S/C15H29NO2/c1-12(2)16-11-15(6-8-17-9-7-15)10-14-5-4-13(3)18-14/h12-14,16H,4-11H2,1-3H3. The van der Waals surface area contributed by atoms with Crippen LogP contribution in [-0.2, 0) is 9.47 Å². The fourth-order valence-electron chi connectivity index (χ4n) is 3.20. The molecule has 3 heteroatoms. The summed E-state index contributed by atoms with van der Waals surface area (Å²) >= 11 is 0. The molecule has 0 amide bonds. The van der Waals surface area contributed by atoms with Crippen LogP contribution in [0.3, 0.4) is 0 Å². The van der Waals surface area contributed by atoms with Crippen LogP contribution in [0.4, 0.5) is 0 Å². The lowest BCUT2D eigenvalue weighted by atomic mass is 9.75. The van der Waals surface area contributed by atoms with Gasteiger partial charge in [-0.3, -0.25) is 0 Å². The Balaban J connectivity index is 1.91. The molecule has 0 aromatic heterocycles. The third-order valence-electron chi connectivity index (χ3n) is 4.42. The lowest BCUT2D eigenvalue weighted by molar-refractivity contribution is -0.0308. The molecule has 0 aromatic carbocycles. The fourth-order valence-corrected chi connectivity index (χ4v) is 3.20. The van der Waals surface area contributed by atoms with Crippen molar-refractivity contribution < 1.29 is 9.47 Å². The maximum absolute atomic E-state index is 6.03. The summed E-state index contributed by atoms with van der Waals surface area (Å²) in [5, 5.41) is 3.63. The Bertz CT molecular complexity index is 249. The zero-order valence-corrected chi connectivity index (χ0v) is 12.2. The Morgan fingerprint density at radius 2 is 1.94 bits per heavy atom. The van der Waals surface area contributed by atoms with Crippen molar-refractivity contribution in [2.45, 2.75) is 71.1 Å². The second-order valence-electron chi connectivity index (χ2n) is 6.50. The van der Waals surface area contributed by atoms with Gasteiger partial charge in [-0.15, -0.1) is 0 Å². The Hall–Kier alpha value is -0.120. The van der Waals surface area contributed by atoms with Crippen LogP contribution in [0.5, 0.6) is 0 Å². The highest BCUT2D eigenvalue weighted by atomic mass is 16.5. The molecule has 0 saturated carbocycles. The molecule has 0 bridgehead atoms. The van der Waals surface area contributed by atoms with Crippen LogP contribution in [-0.4, -0.2) is 38.0 Å². The minimum atomic E-state index is 0.400. The molecular weight excluding hydrogens is 226 g/mol. The normalized spacial score (nSPS) is 32.0. The first kappa shape index (κ1) is 14.3. The van der Waals surface area contributed by atoms with Crippen LogP contribution >= 0.6 is 0 Å². The van der Waals surface area contributed by atoms with Crippen LogP contribution < -0.4 is 5.32 Å². The van der Waals surface area contributed by atoms with E-state index in [-0.39, 0.29) is 0 Å². The quantitative estimate of drug-likeness (QED) is 0.819. The molecule has 2 fully saturated rings. The minimum absolute atomic E-state index is 0.400. The average molecular weight is 255 g/mol. The first-order valence-corrected chi connectivity index (χ1v) is 7.56. The summed E-state index contributed by atoms with van der Waals surface area (Å²) in [6, 6.07) is 0.563. The van der Waals surface area contributed by atoms with Gasteiger partial charge in [-0.2, -0.15) is 0 Å². The molecule has 0 aliphatic carbocycles. The molecule has 0 spiro atoms. The Kier molecular flexibility index (Phi) is 5.05. The van der Waals surface area contributed by atoms with E-state index < -0.39 is 0 Å². The van der Waals surface area contributed by atoms with Crippen molar-refractivity contribution in [2.75, 3.05) is 19.8 Å². The molecule has 2 unspecified atom stereocenters. The first-order valence-electron chi connectivity index (χ1n) is 7.56. The Labute approximate surface area is 112 Å². The van der Waals surface area contributed by atoms with Crippen molar-refractivity contribution in [2.24, 2.45) is 5.41 Å². The largest absolute Gasteiger partial charge is 0.381 e. The van der Waals surface area contributed by atoms with Gasteiger partial charge in [0.2, 0.25) is 0 Å². The summed E-state index contributed by atoms with van der Waals surface area (Å²) in [6.45, 7) is 9.59. The summed E-state index contributed by atoms with van der Waals surface area (Å²) < 4.78 is 11.6. The van der Waals surface area contributed by atoms with Gasteiger partial charge in [0, 0.05) is 25.8 Å². The molecule has 1 N–H and O–H groups in total. The van der Waals surface area contributed by atoms with Crippen LogP contribution in [0.15, 0.2) is 0 Å². The second-order valence-corrected chi connectivity index (χ2v) is 6.50. The van der Waals surface area contributed by atoms with Crippen molar-refractivity contribution in [3.63, 3.8) is 0 Å². The van der Waals surface area contributed by atoms with Crippen molar-refractivity contribution in [3.8, 4) is 0 Å². The molecule has 2 rings (SSSR count). The van der Waals surface area contributed by atoms with E-state index in [4.69, 9.17) is 9.47 Å². The molecule has 2 atom stereocenters. The van der Waals surface area contributed by atoms with Crippen LogP contribution in [0.2, 0.25) is 0 Å². The molecule has 3 nitrogen and oxygen atoms in total. The van der Waals surface area contributed by atoms with E-state index in [0.29, 0.717) is 23.7 Å². The van der Waals surface area contributed by atoms with Gasteiger partial charge in [0.25, 0.3) is 0 Å². The third kappa shape index (κ3) is 3.94. The number of nitrogens with one attached hydrogen (secondary N) is 1. The Morgan fingerprint density at radius 1 is 1.22 bits per heavy atom. The number of rotatable bonds is 5. The van der Waals surface area contributed by atoms with Crippen LogP contribution in [0, 0.1) is 5.41 Å². The molecule has 18 heavy (non-hydrogen) atoms. The number of ether oxygens (including phenoxy) is 2. The lowest BCUT2D eigenvalue weighted by Crippen LogP contribution is -2.43. The average Bonchev–Trinajstić information content (AvgIpc) is 2.73. The van der Waals surface area contributed by atoms with Gasteiger partial charge in [-0.25, -0.2) is 0 Å². The van der Waals surface area contributed by atoms with Gasteiger partial charge in [-0.1, -0.05) is 13.8 Å². The third-order valence-corrected chi connectivity index (χ3v) is 4.42. The molecule has 106 valence electrons. The zero-order valence-electron chi connectivity index (χ0n) is 12.2. The molecule has 2 heterocycles. The molecule has 2 aliphatic rings. The van der Waals surface area contributed by atoms with E-state index in [2.05, 4.69) is 26.1 Å². The predicted molar refractivity (Wildman–Crippen MR) is 73.8 cm³/mol. The summed E-state index contributed by atoms with van der Waals surface area (Å²) in [5.74, 6) is 0. The van der Waals surface area contributed by atoms with Gasteiger partial charge in [-0.05, 0) is 44.4 Å². The van der Waals surface area contributed by atoms with E-state index in [1.807, 2.05) is 0 Å². The molecular formula is C15H29NO2. The molecule has 2 aliphatic heterocycles. The lowest BCUT2D eigenvalue weighted by Gasteiger charge is -2.39. The predicted octanol–water partition coefficient (Wildman–Crippen LogP) is 2.74. The van der Waals surface area contributed by atoms with E-state index in [0.717, 1.165) is 19.8 Å². The highest BCUT2D eigenvalue weighted by Gasteiger charge is 2.37. The van der Waals surface area contributed by atoms with Crippen LogP contribution in [0.1, 0.15) is 52.9 Å². The topological polar surface area (TPSA) is 30.5 Å². The second kappa shape index (κ2) is 6.36. The fraction of sp³-hybridized carbons (Fsp3) is 1.00. The monoisotopic (exact) mass is 255 g/mol. The van der Waals surface area contributed by atoms with Gasteiger partial charge in [0.15, 0.2) is 0 Å². The highest BCUT2D eigenvalue weighted by Crippen LogP contribution is 2.38. The van der Waals surface area contributed by atoms with Gasteiger partial charge in [0.1, 0.15) is 0 Å². The van der Waals surface area contributed by atoms with Gasteiger partial charge < -0.3 is 14.8 Å². The summed E-state index contributed by atoms with van der Waals surface area (Å²) in [4.78, 5) is 0. The van der Waals surface area contributed by atoms with E-state index in [1.54, 1.807) is 0 Å². The van der Waals surface area contributed by atoms with E-state index in [1.165, 1.54) is 32.1 Å². The maximum atomic E-state index is 6.03. The zero-order chi connectivity index (χ0) is 13.0. The van der Waals surface area contributed by atoms with Crippen molar-refractivity contribution in [3.05, 3.63) is 0 Å².